The molecule has 0 heterocycles. The van der Waals surface area contributed by atoms with Gasteiger partial charge in [0.15, 0.2) is 0 Å². The number of halogens is 1. The fraction of sp³-hybridized carbons (Fsp3) is 0.385. The number of amides is 3. The summed E-state index contributed by atoms with van der Waals surface area (Å²) in [6.07, 6.45) is 2.41. The van der Waals surface area contributed by atoms with Gasteiger partial charge in [0.25, 0.3) is 0 Å². The standard InChI is InChI=1S/C13H16ClN3O2/c14-8-3-1-4-9(7-8)16-13(19)17-11-6-2-5-10(11)12(15)18/h1,3-4,7,10-11H,2,5-6H2,(H2,15,18)(H2,16,17,19)/t10-,11-/m1/s1. The lowest BCUT2D eigenvalue weighted by molar-refractivity contribution is -0.122. The molecule has 1 aliphatic carbocycles. The summed E-state index contributed by atoms with van der Waals surface area (Å²) in [7, 11) is 0. The number of urea groups is 1. The molecular weight excluding hydrogens is 266 g/mol. The SMILES string of the molecule is NC(=O)[C@@H]1CCC[C@H]1NC(=O)Nc1cccc(Cl)c1. The van der Waals surface area contributed by atoms with Crippen molar-refractivity contribution in [2.75, 3.05) is 5.32 Å². The molecule has 1 saturated carbocycles. The molecule has 0 unspecified atom stereocenters. The maximum absolute atomic E-state index is 11.8. The number of carbonyl (C=O) groups excluding carboxylic acids is 2. The summed E-state index contributed by atoms with van der Waals surface area (Å²) >= 11 is 5.83. The van der Waals surface area contributed by atoms with Gasteiger partial charge in [0.05, 0.1) is 5.92 Å². The maximum atomic E-state index is 11.8. The summed E-state index contributed by atoms with van der Waals surface area (Å²) in [6.45, 7) is 0. The number of hydrogen-bond acceptors (Lipinski definition) is 2. The first-order valence-electron chi connectivity index (χ1n) is 6.18. The van der Waals surface area contributed by atoms with Gasteiger partial charge >= 0.3 is 6.03 Å². The Labute approximate surface area is 116 Å². The number of primary amides is 1. The molecule has 3 amide bonds. The van der Waals surface area contributed by atoms with Gasteiger partial charge in [0, 0.05) is 16.8 Å². The van der Waals surface area contributed by atoms with E-state index in [0.29, 0.717) is 10.7 Å². The molecule has 2 rings (SSSR count). The average molecular weight is 282 g/mol. The molecule has 0 aliphatic heterocycles. The highest BCUT2D eigenvalue weighted by Gasteiger charge is 2.32. The summed E-state index contributed by atoms with van der Waals surface area (Å²) < 4.78 is 0. The van der Waals surface area contributed by atoms with Gasteiger partial charge in [-0.25, -0.2) is 4.79 Å². The second-order valence-electron chi connectivity index (χ2n) is 4.66. The van der Waals surface area contributed by atoms with Gasteiger partial charge in [-0.2, -0.15) is 0 Å². The van der Waals surface area contributed by atoms with E-state index < -0.39 is 0 Å². The second kappa shape index (κ2) is 5.93. The molecule has 1 aliphatic rings. The van der Waals surface area contributed by atoms with Crippen LogP contribution < -0.4 is 16.4 Å². The van der Waals surface area contributed by atoms with Crippen LogP contribution in [0.2, 0.25) is 5.02 Å². The van der Waals surface area contributed by atoms with Gasteiger partial charge in [-0.3, -0.25) is 4.79 Å². The number of nitrogens with two attached hydrogens (primary N) is 1. The van der Waals surface area contributed by atoms with E-state index in [1.54, 1.807) is 24.3 Å². The lowest BCUT2D eigenvalue weighted by atomic mass is 10.0. The van der Waals surface area contributed by atoms with Crippen LogP contribution in [-0.4, -0.2) is 18.0 Å². The van der Waals surface area contributed by atoms with Crippen LogP contribution in [0.25, 0.3) is 0 Å². The van der Waals surface area contributed by atoms with Crippen molar-refractivity contribution >= 4 is 29.2 Å². The molecule has 0 saturated heterocycles. The molecule has 0 bridgehead atoms. The minimum Gasteiger partial charge on any atom is -0.369 e. The van der Waals surface area contributed by atoms with Crippen LogP contribution in [0.15, 0.2) is 24.3 Å². The summed E-state index contributed by atoms with van der Waals surface area (Å²) in [5.41, 5.74) is 5.92. The van der Waals surface area contributed by atoms with E-state index >= 15 is 0 Å². The monoisotopic (exact) mass is 281 g/mol. The van der Waals surface area contributed by atoms with Crippen LogP contribution in [0.1, 0.15) is 19.3 Å². The minimum atomic E-state index is -0.356. The molecule has 2 atom stereocenters. The first-order valence-corrected chi connectivity index (χ1v) is 6.56. The zero-order chi connectivity index (χ0) is 13.8. The summed E-state index contributed by atoms with van der Waals surface area (Å²) in [4.78, 5) is 23.1. The summed E-state index contributed by atoms with van der Waals surface area (Å²) in [5.74, 6) is -0.629. The van der Waals surface area contributed by atoms with Gasteiger partial charge < -0.3 is 16.4 Å². The third kappa shape index (κ3) is 3.61. The quantitative estimate of drug-likeness (QED) is 0.793. The highest BCUT2D eigenvalue weighted by Crippen LogP contribution is 2.25. The highest BCUT2D eigenvalue weighted by molar-refractivity contribution is 6.30. The van der Waals surface area contributed by atoms with Crippen molar-refractivity contribution < 1.29 is 9.59 Å². The zero-order valence-corrected chi connectivity index (χ0v) is 11.1. The largest absolute Gasteiger partial charge is 0.369 e. The topological polar surface area (TPSA) is 84.2 Å². The molecule has 102 valence electrons. The van der Waals surface area contributed by atoms with E-state index in [-0.39, 0.29) is 23.9 Å². The van der Waals surface area contributed by atoms with E-state index in [0.717, 1.165) is 19.3 Å². The molecule has 6 heteroatoms. The van der Waals surface area contributed by atoms with E-state index in [2.05, 4.69) is 10.6 Å². The zero-order valence-electron chi connectivity index (χ0n) is 10.4. The number of hydrogen-bond donors (Lipinski definition) is 3. The van der Waals surface area contributed by atoms with Crippen molar-refractivity contribution in [3.8, 4) is 0 Å². The number of benzene rings is 1. The van der Waals surface area contributed by atoms with E-state index in [1.165, 1.54) is 0 Å². The maximum Gasteiger partial charge on any atom is 0.319 e. The number of rotatable bonds is 3. The smallest absolute Gasteiger partial charge is 0.319 e. The van der Waals surface area contributed by atoms with Crippen LogP contribution in [0.3, 0.4) is 0 Å². The Balaban J connectivity index is 1.92. The Bertz CT molecular complexity index is 493. The molecule has 1 aromatic rings. The van der Waals surface area contributed by atoms with Gasteiger partial charge in [0.1, 0.15) is 0 Å². The Kier molecular flexibility index (Phi) is 4.27. The number of nitrogens with one attached hydrogen (secondary N) is 2. The second-order valence-corrected chi connectivity index (χ2v) is 5.09. The molecule has 0 spiro atoms. The molecule has 5 nitrogen and oxygen atoms in total. The van der Waals surface area contributed by atoms with Gasteiger partial charge in [0.2, 0.25) is 5.91 Å². The Morgan fingerprint density at radius 3 is 2.79 bits per heavy atom. The molecule has 19 heavy (non-hydrogen) atoms. The van der Waals surface area contributed by atoms with Crippen LogP contribution in [0, 0.1) is 5.92 Å². The van der Waals surface area contributed by atoms with Crippen molar-refractivity contribution in [1.82, 2.24) is 5.32 Å². The van der Waals surface area contributed by atoms with Crippen LogP contribution in [0.4, 0.5) is 10.5 Å². The molecule has 4 N–H and O–H groups in total. The molecule has 1 fully saturated rings. The minimum absolute atomic E-state index is 0.184. The van der Waals surface area contributed by atoms with Gasteiger partial charge in [-0.05, 0) is 31.0 Å². The Morgan fingerprint density at radius 1 is 1.32 bits per heavy atom. The highest BCUT2D eigenvalue weighted by atomic mass is 35.5. The Hall–Kier alpha value is -1.75. The third-order valence-corrected chi connectivity index (χ3v) is 3.52. The van der Waals surface area contributed by atoms with Crippen LogP contribution in [0.5, 0.6) is 0 Å². The van der Waals surface area contributed by atoms with E-state index in [9.17, 15) is 9.59 Å². The lowest BCUT2D eigenvalue weighted by Crippen LogP contribution is -2.44. The number of carbonyl (C=O) groups is 2. The average Bonchev–Trinajstić information content (AvgIpc) is 2.76. The number of anilines is 1. The van der Waals surface area contributed by atoms with Gasteiger partial charge in [-0.15, -0.1) is 0 Å². The van der Waals surface area contributed by atoms with Crippen molar-refractivity contribution in [3.05, 3.63) is 29.3 Å². The third-order valence-electron chi connectivity index (χ3n) is 3.28. The fourth-order valence-corrected chi connectivity index (χ4v) is 2.57. The van der Waals surface area contributed by atoms with Crippen molar-refractivity contribution in [3.63, 3.8) is 0 Å². The molecule has 0 aromatic heterocycles. The summed E-state index contributed by atoms with van der Waals surface area (Å²) in [6, 6.07) is 6.34. The van der Waals surface area contributed by atoms with Crippen LogP contribution in [-0.2, 0) is 4.79 Å². The normalized spacial score (nSPS) is 21.9. The van der Waals surface area contributed by atoms with Crippen molar-refractivity contribution in [2.24, 2.45) is 11.7 Å². The summed E-state index contributed by atoms with van der Waals surface area (Å²) in [5, 5.41) is 6.02. The van der Waals surface area contributed by atoms with Crippen LogP contribution >= 0.6 is 11.6 Å². The molecule has 0 radical (unpaired) electrons. The predicted molar refractivity (Wildman–Crippen MR) is 73.9 cm³/mol. The van der Waals surface area contributed by atoms with E-state index in [4.69, 9.17) is 17.3 Å². The lowest BCUT2D eigenvalue weighted by Gasteiger charge is -2.18. The Morgan fingerprint density at radius 2 is 2.11 bits per heavy atom. The van der Waals surface area contributed by atoms with E-state index in [1.807, 2.05) is 0 Å². The predicted octanol–water partition coefficient (Wildman–Crippen LogP) is 2.12. The first kappa shape index (κ1) is 13.7. The molecule has 1 aromatic carbocycles. The first-order chi connectivity index (χ1) is 9.06. The molecular formula is C13H16ClN3O2. The van der Waals surface area contributed by atoms with Crippen molar-refractivity contribution in [1.29, 1.82) is 0 Å². The van der Waals surface area contributed by atoms with Crippen molar-refractivity contribution in [2.45, 2.75) is 25.3 Å². The van der Waals surface area contributed by atoms with Gasteiger partial charge in [-0.1, -0.05) is 24.1 Å². The fourth-order valence-electron chi connectivity index (χ4n) is 2.38.